The predicted molar refractivity (Wildman–Crippen MR) is 71.8 cm³/mol. The average molecular weight is 369 g/mol. The summed E-state index contributed by atoms with van der Waals surface area (Å²) < 4.78 is 45.6. The predicted octanol–water partition coefficient (Wildman–Crippen LogP) is 3.73. The van der Waals surface area contributed by atoms with Gasteiger partial charge in [-0.05, 0) is 26.0 Å². The Labute approximate surface area is 127 Å². The fraction of sp³-hybridized carbons (Fsp3) is 0.385. The van der Waals surface area contributed by atoms with Crippen molar-refractivity contribution in [1.82, 2.24) is 0 Å². The van der Waals surface area contributed by atoms with E-state index in [1.807, 2.05) is 0 Å². The smallest absolute Gasteiger partial charge is 0.462 e. The summed E-state index contributed by atoms with van der Waals surface area (Å²) in [5.74, 6) is -2.15. The number of ether oxygens (including phenoxy) is 2. The molecule has 0 heterocycles. The summed E-state index contributed by atoms with van der Waals surface area (Å²) in [4.78, 5) is 22.8. The maximum absolute atomic E-state index is 12.4. The van der Waals surface area contributed by atoms with Gasteiger partial charge >= 0.3 is 12.3 Å². The first-order valence-electron chi connectivity index (χ1n) is 5.91. The van der Waals surface area contributed by atoms with Gasteiger partial charge in [0.1, 0.15) is 11.3 Å². The van der Waals surface area contributed by atoms with Gasteiger partial charge in [0.15, 0.2) is 5.78 Å². The molecule has 0 aliphatic heterocycles. The average Bonchev–Trinajstić information content (AvgIpc) is 2.35. The Hall–Kier alpha value is -1.57. The van der Waals surface area contributed by atoms with Crippen LogP contribution in [0.1, 0.15) is 34.6 Å². The van der Waals surface area contributed by atoms with Crippen LogP contribution in [0.15, 0.2) is 18.2 Å². The van der Waals surface area contributed by atoms with Gasteiger partial charge in [0, 0.05) is 5.56 Å². The minimum atomic E-state index is -4.98. The van der Waals surface area contributed by atoms with Gasteiger partial charge in [-0.3, -0.25) is 4.79 Å². The molecule has 0 bridgehead atoms. The zero-order valence-corrected chi connectivity index (χ0v) is 12.7. The largest absolute Gasteiger partial charge is 0.573 e. The minimum Gasteiger partial charge on any atom is -0.462 e. The Kier molecular flexibility index (Phi) is 5.77. The lowest BCUT2D eigenvalue weighted by molar-refractivity contribution is -0.274. The molecule has 0 aromatic heterocycles. The quantitative estimate of drug-likeness (QED) is 0.451. The molecule has 4 nitrogen and oxygen atoms in total. The monoisotopic (exact) mass is 368 g/mol. The van der Waals surface area contributed by atoms with Gasteiger partial charge in [-0.2, -0.15) is 0 Å². The molecule has 1 aromatic rings. The van der Waals surface area contributed by atoms with Crippen LogP contribution in [0, 0.1) is 0 Å². The highest BCUT2D eigenvalue weighted by atomic mass is 79.9. The van der Waals surface area contributed by atoms with E-state index in [-0.39, 0.29) is 12.2 Å². The van der Waals surface area contributed by atoms with Crippen LogP contribution < -0.4 is 4.74 Å². The van der Waals surface area contributed by atoms with Crippen LogP contribution in [0.2, 0.25) is 0 Å². The Morgan fingerprint density at radius 2 is 1.95 bits per heavy atom. The minimum absolute atomic E-state index is 0.00338. The lowest BCUT2D eigenvalue weighted by Crippen LogP contribution is -2.20. The number of hydrogen-bond acceptors (Lipinski definition) is 4. The summed E-state index contributed by atoms with van der Waals surface area (Å²) in [7, 11) is 0. The number of esters is 1. The van der Waals surface area contributed by atoms with E-state index in [0.717, 1.165) is 12.1 Å². The van der Waals surface area contributed by atoms with Crippen LogP contribution in [-0.4, -0.2) is 29.5 Å². The fourth-order valence-corrected chi connectivity index (χ4v) is 1.76. The lowest BCUT2D eigenvalue weighted by Gasteiger charge is -2.14. The van der Waals surface area contributed by atoms with E-state index in [2.05, 4.69) is 25.4 Å². The molecule has 0 N–H and O–H groups in total. The molecule has 0 saturated heterocycles. The number of carbonyl (C=O) groups excluding carboxylic acids is 2. The molecule has 0 saturated carbocycles. The normalized spacial score (nSPS) is 12.7. The highest BCUT2D eigenvalue weighted by molar-refractivity contribution is 9.10. The first-order chi connectivity index (χ1) is 9.65. The van der Waals surface area contributed by atoms with Crippen molar-refractivity contribution in [2.24, 2.45) is 0 Å². The molecule has 1 aromatic carbocycles. The number of halogens is 4. The molecule has 1 rings (SSSR count). The van der Waals surface area contributed by atoms with Gasteiger partial charge in [-0.1, -0.05) is 22.0 Å². The van der Waals surface area contributed by atoms with Crippen molar-refractivity contribution >= 4 is 27.7 Å². The fourth-order valence-electron chi connectivity index (χ4n) is 1.49. The van der Waals surface area contributed by atoms with E-state index in [4.69, 9.17) is 0 Å². The van der Waals surface area contributed by atoms with Crippen LogP contribution in [0.4, 0.5) is 13.2 Å². The molecular formula is C13H12BrF3O4. The van der Waals surface area contributed by atoms with E-state index in [0.29, 0.717) is 0 Å². The van der Waals surface area contributed by atoms with Gasteiger partial charge in [0.2, 0.25) is 0 Å². The molecule has 116 valence electrons. The summed E-state index contributed by atoms with van der Waals surface area (Å²) in [6.07, 6.45) is -4.98. The van der Waals surface area contributed by atoms with Crippen LogP contribution in [0.25, 0.3) is 0 Å². The Bertz CT molecular complexity index is 541. The van der Waals surface area contributed by atoms with Crippen LogP contribution >= 0.6 is 15.9 Å². The summed E-state index contributed by atoms with van der Waals surface area (Å²) in [6, 6.07) is 3.19. The maximum atomic E-state index is 12.4. The Morgan fingerprint density at radius 3 is 2.43 bits per heavy atom. The summed E-state index contributed by atoms with van der Waals surface area (Å²) >= 11 is 3.03. The molecular weight excluding hydrogens is 357 g/mol. The molecule has 0 aliphatic carbocycles. The van der Waals surface area contributed by atoms with Crippen molar-refractivity contribution in [2.75, 3.05) is 6.61 Å². The molecule has 1 unspecified atom stereocenters. The molecule has 0 aliphatic rings. The molecule has 21 heavy (non-hydrogen) atoms. The second kappa shape index (κ2) is 6.93. The van der Waals surface area contributed by atoms with E-state index >= 15 is 0 Å². The van der Waals surface area contributed by atoms with Crippen molar-refractivity contribution in [3.05, 3.63) is 29.3 Å². The van der Waals surface area contributed by atoms with Crippen molar-refractivity contribution in [2.45, 2.75) is 25.0 Å². The van der Waals surface area contributed by atoms with Crippen LogP contribution in [0.3, 0.4) is 0 Å². The van der Waals surface area contributed by atoms with Crippen molar-refractivity contribution in [3.63, 3.8) is 0 Å². The number of rotatable bonds is 5. The molecule has 8 heteroatoms. The van der Waals surface area contributed by atoms with Crippen LogP contribution in [-0.2, 0) is 4.74 Å². The maximum Gasteiger partial charge on any atom is 0.573 e. The second-order valence-corrected chi connectivity index (χ2v) is 5.33. The zero-order valence-electron chi connectivity index (χ0n) is 11.2. The van der Waals surface area contributed by atoms with E-state index in [1.165, 1.54) is 19.9 Å². The number of alkyl halides is 4. The van der Waals surface area contributed by atoms with Gasteiger partial charge in [-0.15, -0.1) is 13.2 Å². The van der Waals surface area contributed by atoms with Gasteiger partial charge < -0.3 is 9.47 Å². The first kappa shape index (κ1) is 17.5. The lowest BCUT2D eigenvalue weighted by atomic mass is 10.1. The van der Waals surface area contributed by atoms with Gasteiger partial charge in [-0.25, -0.2) is 4.79 Å². The van der Waals surface area contributed by atoms with E-state index < -0.39 is 34.3 Å². The molecule has 0 amide bonds. The molecule has 0 radical (unpaired) electrons. The summed E-state index contributed by atoms with van der Waals surface area (Å²) in [5, 5.41) is 0. The van der Waals surface area contributed by atoms with Crippen molar-refractivity contribution in [3.8, 4) is 5.75 Å². The summed E-state index contributed by atoms with van der Waals surface area (Å²) in [5.41, 5.74) is -0.403. The topological polar surface area (TPSA) is 52.6 Å². The zero-order chi connectivity index (χ0) is 16.2. The molecule has 1 atom stereocenters. The Balaban J connectivity index is 3.26. The standard InChI is InChI=1S/C13H12BrF3O4/c1-3-20-12(19)9-5-4-8(11(18)7(2)14)6-10(9)21-13(15,16)17/h4-7H,3H2,1-2H3. The highest BCUT2D eigenvalue weighted by Gasteiger charge is 2.33. The van der Waals surface area contributed by atoms with E-state index in [9.17, 15) is 22.8 Å². The summed E-state index contributed by atoms with van der Waals surface area (Å²) in [6.45, 7) is 3.06. The number of carbonyl (C=O) groups is 2. The Morgan fingerprint density at radius 1 is 1.33 bits per heavy atom. The van der Waals surface area contributed by atoms with Crippen LogP contribution in [0.5, 0.6) is 5.75 Å². The SMILES string of the molecule is CCOC(=O)c1ccc(C(=O)C(C)Br)cc1OC(F)(F)F. The molecule has 0 fully saturated rings. The second-order valence-electron chi connectivity index (χ2n) is 3.96. The van der Waals surface area contributed by atoms with Crippen molar-refractivity contribution < 1.29 is 32.2 Å². The number of hydrogen-bond donors (Lipinski definition) is 0. The first-order valence-corrected chi connectivity index (χ1v) is 6.82. The highest BCUT2D eigenvalue weighted by Crippen LogP contribution is 2.29. The van der Waals surface area contributed by atoms with Gasteiger partial charge in [0.05, 0.1) is 11.4 Å². The van der Waals surface area contributed by atoms with Gasteiger partial charge in [0.25, 0.3) is 0 Å². The van der Waals surface area contributed by atoms with Crippen molar-refractivity contribution in [1.29, 1.82) is 0 Å². The third kappa shape index (κ3) is 5.04. The third-order valence-electron chi connectivity index (χ3n) is 2.35. The number of ketones is 1. The molecule has 0 spiro atoms. The third-order valence-corrected chi connectivity index (χ3v) is 2.76. The number of benzene rings is 1. The van der Waals surface area contributed by atoms with E-state index in [1.54, 1.807) is 0 Å². The number of Topliss-reactive ketones (excluding diaryl/α,β-unsaturated/α-hetero) is 1.